The summed E-state index contributed by atoms with van der Waals surface area (Å²) in [6.07, 6.45) is 0.542. The molecular formula is C4H7NO3. The van der Waals surface area contributed by atoms with E-state index in [4.69, 9.17) is 5.11 Å². The third-order valence-electron chi connectivity index (χ3n) is 1.02. The molecule has 0 aromatic carbocycles. The predicted molar refractivity (Wildman–Crippen MR) is 24.5 cm³/mol. The lowest BCUT2D eigenvalue weighted by molar-refractivity contribution is -0.233. The Kier molecular flexibility index (Phi) is 1.45. The highest BCUT2D eigenvalue weighted by molar-refractivity contribution is 5.80. The quantitative estimate of drug-likeness (QED) is 0.376. The third-order valence-corrected chi connectivity index (χ3v) is 1.02. The summed E-state index contributed by atoms with van der Waals surface area (Å²) in [5.41, 5.74) is 0. The lowest BCUT2D eigenvalue weighted by Crippen LogP contribution is -2.43. The molecule has 1 saturated heterocycles. The number of hydrogen-bond donors (Lipinski definition) is 1. The highest BCUT2D eigenvalue weighted by Crippen LogP contribution is 2.06. The van der Waals surface area contributed by atoms with Gasteiger partial charge < -0.3 is 5.11 Å². The lowest BCUT2D eigenvalue weighted by atomic mass is 10.3. The first-order valence-corrected chi connectivity index (χ1v) is 2.38. The molecule has 4 heteroatoms. The van der Waals surface area contributed by atoms with Gasteiger partial charge in [-0.25, -0.2) is 9.90 Å². The van der Waals surface area contributed by atoms with E-state index < -0.39 is 6.79 Å². The molecule has 1 amide bonds. The van der Waals surface area contributed by atoms with Gasteiger partial charge in [-0.05, 0) is 0 Å². The van der Waals surface area contributed by atoms with Crippen molar-refractivity contribution in [3.05, 3.63) is 0 Å². The molecule has 0 radical (unpaired) electrons. The number of rotatable bonds is 2. The van der Waals surface area contributed by atoms with Crippen molar-refractivity contribution >= 4 is 5.91 Å². The molecule has 1 aliphatic heterocycles. The molecule has 0 unspecified atom stereocenters. The van der Waals surface area contributed by atoms with Crippen molar-refractivity contribution in [1.29, 1.82) is 0 Å². The Morgan fingerprint density at radius 1 is 1.88 bits per heavy atom. The number of nitrogens with zero attached hydrogens (tertiary/aromatic N) is 1. The van der Waals surface area contributed by atoms with E-state index in [1.807, 2.05) is 0 Å². The fraction of sp³-hybridized carbons (Fsp3) is 0.750. The number of β-lactam (4-membered cyclic amide) rings is 1. The van der Waals surface area contributed by atoms with Gasteiger partial charge >= 0.3 is 0 Å². The van der Waals surface area contributed by atoms with Gasteiger partial charge in [-0.3, -0.25) is 4.79 Å². The topological polar surface area (TPSA) is 49.8 Å². The lowest BCUT2D eigenvalue weighted by Gasteiger charge is -2.27. The molecular weight excluding hydrogens is 110 g/mol. The number of amides is 1. The van der Waals surface area contributed by atoms with E-state index in [0.717, 1.165) is 5.06 Å². The molecule has 1 aliphatic rings. The van der Waals surface area contributed by atoms with Gasteiger partial charge in [-0.2, -0.15) is 0 Å². The van der Waals surface area contributed by atoms with E-state index in [9.17, 15) is 4.79 Å². The summed E-state index contributed by atoms with van der Waals surface area (Å²) < 4.78 is 0. The van der Waals surface area contributed by atoms with Gasteiger partial charge in [0.05, 0.1) is 6.54 Å². The van der Waals surface area contributed by atoms with Crippen LogP contribution in [0.5, 0.6) is 0 Å². The molecule has 0 spiro atoms. The molecule has 46 valence electrons. The zero-order chi connectivity index (χ0) is 5.98. The Hall–Kier alpha value is -0.610. The molecule has 1 rings (SSSR count). The van der Waals surface area contributed by atoms with Gasteiger partial charge in [-0.1, -0.05) is 0 Å². The fourth-order valence-electron chi connectivity index (χ4n) is 0.501. The highest BCUT2D eigenvalue weighted by Gasteiger charge is 2.23. The van der Waals surface area contributed by atoms with E-state index in [1.165, 1.54) is 0 Å². The SMILES string of the molecule is O=C1CCN1OCO. The zero-order valence-corrected chi connectivity index (χ0v) is 4.33. The van der Waals surface area contributed by atoms with Crippen LogP contribution in [0.15, 0.2) is 0 Å². The maximum atomic E-state index is 10.3. The van der Waals surface area contributed by atoms with Crippen molar-refractivity contribution in [2.75, 3.05) is 13.3 Å². The number of hydrogen-bond acceptors (Lipinski definition) is 3. The zero-order valence-electron chi connectivity index (χ0n) is 4.33. The van der Waals surface area contributed by atoms with Crippen LogP contribution in [0.25, 0.3) is 0 Å². The van der Waals surface area contributed by atoms with Crippen LogP contribution < -0.4 is 0 Å². The van der Waals surface area contributed by atoms with Crippen LogP contribution in [-0.2, 0) is 9.63 Å². The number of carbonyl (C=O) groups is 1. The van der Waals surface area contributed by atoms with Crippen LogP contribution in [0.2, 0.25) is 0 Å². The van der Waals surface area contributed by atoms with Crippen LogP contribution in [0.4, 0.5) is 0 Å². The van der Waals surface area contributed by atoms with Gasteiger partial charge in [-0.15, -0.1) is 0 Å². The summed E-state index contributed by atoms with van der Waals surface area (Å²) in [5.74, 6) is -0.0564. The second-order valence-electron chi connectivity index (χ2n) is 1.50. The summed E-state index contributed by atoms with van der Waals surface area (Å²) in [5, 5.41) is 9.24. The monoisotopic (exact) mass is 117 g/mol. The van der Waals surface area contributed by atoms with Gasteiger partial charge in [0.15, 0.2) is 6.79 Å². The molecule has 1 N–H and O–H groups in total. The molecule has 4 nitrogen and oxygen atoms in total. The molecule has 0 aromatic rings. The number of aliphatic hydroxyl groups is 1. The standard InChI is InChI=1S/C4H7NO3/c6-3-8-5-2-1-4(5)7/h6H,1-3H2. The third kappa shape index (κ3) is 0.801. The van der Waals surface area contributed by atoms with E-state index in [1.54, 1.807) is 0 Å². The number of hydroxylamine groups is 2. The van der Waals surface area contributed by atoms with Crippen LogP contribution in [0, 0.1) is 0 Å². The molecule has 1 fully saturated rings. The van der Waals surface area contributed by atoms with Crippen molar-refractivity contribution in [1.82, 2.24) is 5.06 Å². The first kappa shape index (κ1) is 5.53. The Balaban J connectivity index is 2.17. The average molecular weight is 117 g/mol. The molecule has 0 aliphatic carbocycles. The van der Waals surface area contributed by atoms with E-state index in [-0.39, 0.29) is 5.91 Å². The van der Waals surface area contributed by atoms with Gasteiger partial charge in [0, 0.05) is 6.42 Å². The molecule has 0 saturated carbocycles. The Morgan fingerprint density at radius 3 is 2.75 bits per heavy atom. The predicted octanol–water partition coefficient (Wildman–Crippen LogP) is -0.900. The Labute approximate surface area is 46.6 Å². The smallest absolute Gasteiger partial charge is 0.248 e. The minimum Gasteiger partial charge on any atom is -0.368 e. The summed E-state index contributed by atoms with van der Waals surface area (Å²) in [7, 11) is 0. The minimum atomic E-state index is -0.411. The van der Waals surface area contributed by atoms with Gasteiger partial charge in [0.1, 0.15) is 0 Å². The number of carbonyl (C=O) groups excluding carboxylic acids is 1. The molecule has 1 heterocycles. The van der Waals surface area contributed by atoms with Crippen molar-refractivity contribution in [3.8, 4) is 0 Å². The maximum absolute atomic E-state index is 10.3. The minimum absolute atomic E-state index is 0.0564. The maximum Gasteiger partial charge on any atom is 0.248 e. The van der Waals surface area contributed by atoms with Gasteiger partial charge in [0.25, 0.3) is 0 Å². The van der Waals surface area contributed by atoms with Crippen molar-refractivity contribution < 1.29 is 14.7 Å². The molecule has 0 bridgehead atoms. The summed E-state index contributed by atoms with van der Waals surface area (Å²) in [6.45, 7) is 0.200. The van der Waals surface area contributed by atoms with Crippen molar-refractivity contribution in [2.45, 2.75) is 6.42 Å². The van der Waals surface area contributed by atoms with Crippen LogP contribution >= 0.6 is 0 Å². The summed E-state index contributed by atoms with van der Waals surface area (Å²) in [4.78, 5) is 14.7. The van der Waals surface area contributed by atoms with E-state index in [2.05, 4.69) is 4.84 Å². The van der Waals surface area contributed by atoms with Gasteiger partial charge in [0.2, 0.25) is 5.91 Å². The first-order chi connectivity index (χ1) is 3.84. The van der Waals surface area contributed by atoms with Crippen molar-refractivity contribution in [2.24, 2.45) is 0 Å². The molecule has 8 heavy (non-hydrogen) atoms. The first-order valence-electron chi connectivity index (χ1n) is 2.38. The largest absolute Gasteiger partial charge is 0.368 e. The Morgan fingerprint density at radius 2 is 2.62 bits per heavy atom. The second-order valence-corrected chi connectivity index (χ2v) is 1.50. The van der Waals surface area contributed by atoms with E-state index in [0.29, 0.717) is 13.0 Å². The Bertz CT molecular complexity index is 103. The van der Waals surface area contributed by atoms with Crippen LogP contribution in [-0.4, -0.2) is 29.4 Å². The van der Waals surface area contributed by atoms with Crippen LogP contribution in [0.3, 0.4) is 0 Å². The van der Waals surface area contributed by atoms with Crippen LogP contribution in [0.1, 0.15) is 6.42 Å². The molecule has 0 aromatic heterocycles. The number of aliphatic hydroxyl groups excluding tert-OH is 1. The molecule has 0 atom stereocenters. The normalized spacial score (nSPS) is 18.6. The van der Waals surface area contributed by atoms with Crippen molar-refractivity contribution in [3.63, 3.8) is 0 Å². The second kappa shape index (κ2) is 2.11. The average Bonchev–Trinajstić information content (AvgIpc) is 1.79. The fourth-order valence-corrected chi connectivity index (χ4v) is 0.501. The summed E-state index contributed by atoms with van der Waals surface area (Å²) >= 11 is 0. The highest BCUT2D eigenvalue weighted by atomic mass is 16.7. The van der Waals surface area contributed by atoms with E-state index >= 15 is 0 Å². The summed E-state index contributed by atoms with van der Waals surface area (Å²) in [6, 6.07) is 0.